The van der Waals surface area contributed by atoms with Crippen LogP contribution in [0.5, 0.6) is 0 Å². The molecule has 0 aromatic carbocycles. The van der Waals surface area contributed by atoms with Crippen LogP contribution in [0.2, 0.25) is 0 Å². The van der Waals surface area contributed by atoms with Crippen LogP contribution >= 0.6 is 0 Å². The quantitative estimate of drug-likeness (QED) is 0.771. The molecule has 2 aromatic heterocycles. The molecule has 3 rings (SSSR count). The van der Waals surface area contributed by atoms with Gasteiger partial charge in [-0.25, -0.2) is 9.37 Å². The monoisotopic (exact) mass is 205 g/mol. The van der Waals surface area contributed by atoms with Crippen molar-refractivity contribution in [2.45, 2.75) is 24.8 Å². The number of rotatable bonds is 1. The zero-order chi connectivity index (χ0) is 10.5. The van der Waals surface area contributed by atoms with Crippen molar-refractivity contribution in [3.63, 3.8) is 0 Å². The summed E-state index contributed by atoms with van der Waals surface area (Å²) in [6.45, 7) is 0. The van der Waals surface area contributed by atoms with Gasteiger partial charge in [0.25, 0.3) is 0 Å². The maximum atomic E-state index is 13.0. The highest BCUT2D eigenvalue weighted by Gasteiger charge is 2.37. The van der Waals surface area contributed by atoms with Crippen LogP contribution in [0.1, 0.15) is 25.1 Å². The van der Waals surface area contributed by atoms with E-state index >= 15 is 0 Å². The van der Waals surface area contributed by atoms with Crippen LogP contribution in [0.3, 0.4) is 0 Å². The van der Waals surface area contributed by atoms with Gasteiger partial charge in [-0.05, 0) is 31.4 Å². The van der Waals surface area contributed by atoms with Crippen molar-refractivity contribution in [3.8, 4) is 0 Å². The molecule has 1 fully saturated rings. The van der Waals surface area contributed by atoms with E-state index in [-0.39, 0.29) is 11.4 Å². The summed E-state index contributed by atoms with van der Waals surface area (Å²) in [7, 11) is 0. The Bertz CT molecular complexity index is 514. The van der Waals surface area contributed by atoms with Gasteiger partial charge in [-0.15, -0.1) is 0 Å². The van der Waals surface area contributed by atoms with E-state index in [2.05, 4.69) is 4.98 Å². The molecule has 15 heavy (non-hydrogen) atoms. The molecule has 0 aliphatic heterocycles. The SMILES string of the molecule is NC1(c2ncc3cc(F)ccn23)CCC1. The highest BCUT2D eigenvalue weighted by molar-refractivity contribution is 5.47. The summed E-state index contributed by atoms with van der Waals surface area (Å²) in [6, 6.07) is 2.90. The first-order valence-electron chi connectivity index (χ1n) is 5.11. The van der Waals surface area contributed by atoms with Crippen LogP contribution in [0.25, 0.3) is 5.52 Å². The highest BCUT2D eigenvalue weighted by Crippen LogP contribution is 2.37. The third-order valence-corrected chi connectivity index (χ3v) is 3.19. The molecule has 1 aliphatic rings. The molecule has 0 saturated heterocycles. The number of fused-ring (bicyclic) bond motifs is 1. The fourth-order valence-corrected chi connectivity index (χ4v) is 2.12. The van der Waals surface area contributed by atoms with Crippen LogP contribution in [-0.4, -0.2) is 9.38 Å². The Morgan fingerprint density at radius 2 is 2.27 bits per heavy atom. The summed E-state index contributed by atoms with van der Waals surface area (Å²) in [6.07, 6.45) is 6.44. The molecule has 3 nitrogen and oxygen atoms in total. The normalized spacial score (nSPS) is 19.1. The van der Waals surface area contributed by atoms with Crippen molar-refractivity contribution >= 4 is 5.52 Å². The Balaban J connectivity index is 2.20. The van der Waals surface area contributed by atoms with E-state index in [9.17, 15) is 4.39 Å². The van der Waals surface area contributed by atoms with Gasteiger partial charge in [0.15, 0.2) is 0 Å². The van der Waals surface area contributed by atoms with Gasteiger partial charge < -0.3 is 10.1 Å². The molecule has 0 bridgehead atoms. The zero-order valence-corrected chi connectivity index (χ0v) is 8.28. The van der Waals surface area contributed by atoms with Crippen LogP contribution in [0.4, 0.5) is 4.39 Å². The number of halogens is 1. The first-order valence-corrected chi connectivity index (χ1v) is 5.11. The van der Waals surface area contributed by atoms with E-state index in [1.807, 2.05) is 4.40 Å². The number of aromatic nitrogens is 2. The fraction of sp³-hybridized carbons (Fsp3) is 0.364. The standard InChI is InChI=1S/C11H12FN3/c12-8-2-5-15-9(6-8)7-14-10(15)11(13)3-1-4-11/h2,5-7H,1,3-4,13H2. The second-order valence-corrected chi connectivity index (χ2v) is 4.23. The Labute approximate surface area is 86.7 Å². The van der Waals surface area contributed by atoms with Crippen molar-refractivity contribution < 1.29 is 4.39 Å². The summed E-state index contributed by atoms with van der Waals surface area (Å²) in [5, 5.41) is 0. The minimum absolute atomic E-state index is 0.242. The largest absolute Gasteiger partial charge is 0.319 e. The van der Waals surface area contributed by atoms with Crippen LogP contribution in [0, 0.1) is 5.82 Å². The van der Waals surface area contributed by atoms with E-state index in [4.69, 9.17) is 5.73 Å². The molecule has 78 valence electrons. The third kappa shape index (κ3) is 1.18. The topological polar surface area (TPSA) is 43.3 Å². The second-order valence-electron chi connectivity index (χ2n) is 4.23. The smallest absolute Gasteiger partial charge is 0.133 e. The van der Waals surface area contributed by atoms with E-state index in [0.717, 1.165) is 30.6 Å². The molecule has 2 aromatic rings. The van der Waals surface area contributed by atoms with Gasteiger partial charge in [-0.2, -0.15) is 0 Å². The average Bonchev–Trinajstić information content (AvgIpc) is 2.57. The number of pyridine rings is 1. The number of hydrogen-bond acceptors (Lipinski definition) is 2. The molecular weight excluding hydrogens is 193 g/mol. The molecular formula is C11H12FN3. The van der Waals surface area contributed by atoms with Gasteiger partial charge >= 0.3 is 0 Å². The van der Waals surface area contributed by atoms with Gasteiger partial charge in [0, 0.05) is 6.20 Å². The van der Waals surface area contributed by atoms with Crippen molar-refractivity contribution in [2.24, 2.45) is 5.73 Å². The molecule has 0 radical (unpaired) electrons. The van der Waals surface area contributed by atoms with E-state index < -0.39 is 0 Å². The Hall–Kier alpha value is -1.42. The fourth-order valence-electron chi connectivity index (χ4n) is 2.12. The zero-order valence-electron chi connectivity index (χ0n) is 8.28. The Morgan fingerprint density at radius 1 is 1.47 bits per heavy atom. The summed E-state index contributed by atoms with van der Waals surface area (Å²) >= 11 is 0. The lowest BCUT2D eigenvalue weighted by atomic mass is 9.77. The van der Waals surface area contributed by atoms with E-state index in [0.29, 0.717) is 0 Å². The minimum Gasteiger partial charge on any atom is -0.319 e. The maximum Gasteiger partial charge on any atom is 0.133 e. The minimum atomic E-state index is -0.301. The van der Waals surface area contributed by atoms with Crippen molar-refractivity contribution in [3.05, 3.63) is 36.2 Å². The predicted octanol–water partition coefficient (Wildman–Crippen LogP) is 1.81. The summed E-state index contributed by atoms with van der Waals surface area (Å²) in [5.41, 5.74) is 6.66. The molecule has 4 heteroatoms. The molecule has 0 unspecified atom stereocenters. The van der Waals surface area contributed by atoms with E-state index in [1.165, 1.54) is 12.1 Å². The molecule has 0 amide bonds. The van der Waals surface area contributed by atoms with Crippen molar-refractivity contribution in [1.82, 2.24) is 9.38 Å². The Kier molecular flexibility index (Phi) is 1.65. The lowest BCUT2D eigenvalue weighted by molar-refractivity contribution is 0.237. The maximum absolute atomic E-state index is 13.0. The van der Waals surface area contributed by atoms with Crippen molar-refractivity contribution in [1.29, 1.82) is 0 Å². The van der Waals surface area contributed by atoms with Gasteiger partial charge in [0.05, 0.1) is 17.3 Å². The molecule has 2 N–H and O–H groups in total. The Morgan fingerprint density at radius 3 is 2.93 bits per heavy atom. The lowest BCUT2D eigenvalue weighted by Crippen LogP contribution is -2.44. The lowest BCUT2D eigenvalue weighted by Gasteiger charge is -2.36. The summed E-state index contributed by atoms with van der Waals surface area (Å²) in [4.78, 5) is 4.30. The van der Waals surface area contributed by atoms with Crippen LogP contribution in [0.15, 0.2) is 24.5 Å². The molecule has 0 atom stereocenters. The summed E-state index contributed by atoms with van der Waals surface area (Å²) in [5.74, 6) is 0.609. The van der Waals surface area contributed by atoms with Crippen LogP contribution in [-0.2, 0) is 5.54 Å². The predicted molar refractivity (Wildman–Crippen MR) is 54.9 cm³/mol. The van der Waals surface area contributed by atoms with Gasteiger partial charge in [0.1, 0.15) is 11.6 Å². The van der Waals surface area contributed by atoms with Gasteiger partial charge in [-0.3, -0.25) is 0 Å². The number of imidazole rings is 1. The van der Waals surface area contributed by atoms with Gasteiger partial charge in [0.2, 0.25) is 0 Å². The molecule has 1 saturated carbocycles. The summed E-state index contributed by atoms with van der Waals surface area (Å²) < 4.78 is 14.8. The molecule has 0 spiro atoms. The molecule has 1 aliphatic carbocycles. The number of nitrogens with zero attached hydrogens (tertiary/aromatic N) is 2. The third-order valence-electron chi connectivity index (χ3n) is 3.19. The van der Waals surface area contributed by atoms with Gasteiger partial charge in [-0.1, -0.05) is 0 Å². The highest BCUT2D eigenvalue weighted by atomic mass is 19.1. The first-order chi connectivity index (χ1) is 7.19. The van der Waals surface area contributed by atoms with E-state index in [1.54, 1.807) is 12.4 Å². The van der Waals surface area contributed by atoms with Crippen LogP contribution < -0.4 is 5.73 Å². The average molecular weight is 205 g/mol. The number of hydrogen-bond donors (Lipinski definition) is 1. The second kappa shape index (κ2) is 2.79. The van der Waals surface area contributed by atoms with Crippen molar-refractivity contribution in [2.75, 3.05) is 0 Å². The number of nitrogens with two attached hydrogens (primary N) is 1. The molecule has 2 heterocycles. The first kappa shape index (κ1) is 8.85.